The molecule has 1 saturated carbocycles. The van der Waals surface area contributed by atoms with E-state index in [1.54, 1.807) is 0 Å². The normalized spacial score (nSPS) is 42.9. The molecule has 80 valence electrons. The average molecular weight is 198 g/mol. The van der Waals surface area contributed by atoms with Crippen LogP contribution in [0.3, 0.4) is 0 Å². The molecule has 0 aromatic heterocycles. The lowest BCUT2D eigenvalue weighted by Crippen LogP contribution is -2.32. The minimum atomic E-state index is -0.745. The van der Waals surface area contributed by atoms with Crippen LogP contribution in [0.15, 0.2) is 11.6 Å². The van der Waals surface area contributed by atoms with Crippen LogP contribution in [0.1, 0.15) is 39.0 Å². The molecule has 0 saturated heterocycles. The Balaban J connectivity index is 2.24. The fourth-order valence-corrected chi connectivity index (χ4v) is 2.88. The van der Waals surface area contributed by atoms with Gasteiger partial charge in [-0.2, -0.15) is 0 Å². The lowest BCUT2D eigenvalue weighted by Gasteiger charge is -2.38. The van der Waals surface area contributed by atoms with E-state index in [4.69, 9.17) is 0 Å². The van der Waals surface area contributed by atoms with Gasteiger partial charge in [0.25, 0.3) is 0 Å². The van der Waals surface area contributed by atoms with Gasteiger partial charge >= 0.3 is 0 Å². The van der Waals surface area contributed by atoms with Gasteiger partial charge in [-0.1, -0.05) is 18.6 Å². The summed E-state index contributed by atoms with van der Waals surface area (Å²) in [5, 5.41) is 9.43. The van der Waals surface area contributed by atoms with Crippen LogP contribution in [0.4, 0.5) is 4.39 Å². The van der Waals surface area contributed by atoms with Gasteiger partial charge in [0.05, 0.1) is 0 Å². The smallest absolute Gasteiger partial charge is 0.104 e. The van der Waals surface area contributed by atoms with Gasteiger partial charge in [-0.05, 0) is 43.4 Å². The second kappa shape index (κ2) is 3.65. The SMILES string of the molecule is CC1CCC2(CO)CC1=CC[C@@H](F)C2. The second-order valence-corrected chi connectivity index (χ2v) is 5.09. The molecule has 0 amide bonds. The van der Waals surface area contributed by atoms with E-state index in [2.05, 4.69) is 13.0 Å². The number of aliphatic hydroxyl groups is 1. The molecule has 2 rings (SSSR count). The summed E-state index contributed by atoms with van der Waals surface area (Å²) in [4.78, 5) is 0. The number of fused-ring (bicyclic) bond motifs is 2. The van der Waals surface area contributed by atoms with E-state index in [9.17, 15) is 9.50 Å². The van der Waals surface area contributed by atoms with Crippen LogP contribution in [0.2, 0.25) is 0 Å². The topological polar surface area (TPSA) is 20.2 Å². The molecule has 0 spiro atoms. The average Bonchev–Trinajstić information content (AvgIpc) is 2.32. The Labute approximate surface area is 85.0 Å². The summed E-state index contributed by atoms with van der Waals surface area (Å²) in [6, 6.07) is 0. The van der Waals surface area contributed by atoms with Crippen molar-refractivity contribution < 1.29 is 9.50 Å². The van der Waals surface area contributed by atoms with E-state index in [0.717, 1.165) is 19.3 Å². The molecule has 0 heterocycles. The molecule has 3 atom stereocenters. The van der Waals surface area contributed by atoms with Crippen molar-refractivity contribution in [1.82, 2.24) is 0 Å². The molecular formula is C12H19FO. The Kier molecular flexibility index (Phi) is 2.65. The Bertz CT molecular complexity index is 249. The molecule has 1 fully saturated rings. The second-order valence-electron chi connectivity index (χ2n) is 5.09. The fraction of sp³-hybridized carbons (Fsp3) is 0.833. The third-order valence-electron chi connectivity index (χ3n) is 3.95. The van der Waals surface area contributed by atoms with Crippen molar-refractivity contribution in [2.45, 2.75) is 45.2 Å². The zero-order valence-electron chi connectivity index (χ0n) is 8.80. The van der Waals surface area contributed by atoms with Gasteiger partial charge in [0.2, 0.25) is 0 Å². The summed E-state index contributed by atoms with van der Waals surface area (Å²) in [6.45, 7) is 2.36. The van der Waals surface area contributed by atoms with Crippen molar-refractivity contribution in [1.29, 1.82) is 0 Å². The lowest BCUT2D eigenvalue weighted by molar-refractivity contribution is 0.0609. The minimum Gasteiger partial charge on any atom is -0.396 e. The Morgan fingerprint density at radius 3 is 3.14 bits per heavy atom. The first kappa shape index (κ1) is 10.2. The van der Waals surface area contributed by atoms with Crippen molar-refractivity contribution in [2.75, 3.05) is 6.61 Å². The van der Waals surface area contributed by atoms with E-state index >= 15 is 0 Å². The number of aliphatic hydroxyl groups excluding tert-OH is 1. The molecule has 2 aliphatic carbocycles. The molecule has 0 radical (unpaired) electrons. The summed E-state index contributed by atoms with van der Waals surface area (Å²) >= 11 is 0. The van der Waals surface area contributed by atoms with E-state index in [1.165, 1.54) is 5.57 Å². The summed E-state index contributed by atoms with van der Waals surface area (Å²) in [7, 11) is 0. The minimum absolute atomic E-state index is 0.131. The number of hydrogen-bond acceptors (Lipinski definition) is 1. The van der Waals surface area contributed by atoms with E-state index in [1.807, 2.05) is 0 Å². The third kappa shape index (κ3) is 1.72. The van der Waals surface area contributed by atoms with Gasteiger partial charge in [0.15, 0.2) is 0 Å². The predicted octanol–water partition coefficient (Wildman–Crippen LogP) is 2.84. The highest BCUT2D eigenvalue weighted by molar-refractivity contribution is 5.16. The van der Waals surface area contributed by atoms with Gasteiger partial charge in [-0.25, -0.2) is 4.39 Å². The van der Waals surface area contributed by atoms with E-state index in [0.29, 0.717) is 18.8 Å². The van der Waals surface area contributed by atoms with Crippen molar-refractivity contribution in [3.63, 3.8) is 0 Å². The summed E-state index contributed by atoms with van der Waals surface area (Å²) < 4.78 is 13.5. The van der Waals surface area contributed by atoms with Crippen molar-refractivity contribution in [3.8, 4) is 0 Å². The van der Waals surface area contributed by atoms with Gasteiger partial charge in [0.1, 0.15) is 6.17 Å². The predicted molar refractivity (Wildman–Crippen MR) is 54.7 cm³/mol. The van der Waals surface area contributed by atoms with E-state index < -0.39 is 6.17 Å². The van der Waals surface area contributed by atoms with Gasteiger partial charge < -0.3 is 5.11 Å². The highest BCUT2D eigenvalue weighted by Crippen LogP contribution is 2.47. The van der Waals surface area contributed by atoms with Gasteiger partial charge in [-0.15, -0.1) is 0 Å². The van der Waals surface area contributed by atoms with Crippen LogP contribution in [-0.4, -0.2) is 17.9 Å². The summed E-state index contributed by atoms with van der Waals surface area (Å²) in [6.07, 6.45) is 5.46. The number of hydrogen-bond donors (Lipinski definition) is 1. The molecule has 2 bridgehead atoms. The molecule has 2 aliphatic rings. The zero-order chi connectivity index (χ0) is 10.2. The quantitative estimate of drug-likeness (QED) is 0.642. The first-order valence-corrected chi connectivity index (χ1v) is 5.59. The summed E-state index contributed by atoms with van der Waals surface area (Å²) in [5.74, 6) is 0.597. The first-order chi connectivity index (χ1) is 6.65. The number of halogens is 1. The Hall–Kier alpha value is -0.370. The number of rotatable bonds is 1. The van der Waals surface area contributed by atoms with Gasteiger partial charge in [0, 0.05) is 6.61 Å². The van der Waals surface area contributed by atoms with Crippen LogP contribution in [0.25, 0.3) is 0 Å². The first-order valence-electron chi connectivity index (χ1n) is 5.59. The largest absolute Gasteiger partial charge is 0.396 e. The molecule has 1 nitrogen and oxygen atoms in total. The Morgan fingerprint density at radius 1 is 1.64 bits per heavy atom. The summed E-state index contributed by atoms with van der Waals surface area (Å²) in [5.41, 5.74) is 1.25. The highest BCUT2D eigenvalue weighted by atomic mass is 19.1. The maximum atomic E-state index is 13.5. The van der Waals surface area contributed by atoms with Crippen LogP contribution < -0.4 is 0 Å². The van der Waals surface area contributed by atoms with Crippen LogP contribution >= 0.6 is 0 Å². The molecule has 14 heavy (non-hydrogen) atoms. The fourth-order valence-electron chi connectivity index (χ4n) is 2.88. The molecule has 0 aliphatic heterocycles. The molecule has 2 unspecified atom stereocenters. The number of allylic oxidation sites excluding steroid dienone is 2. The highest BCUT2D eigenvalue weighted by Gasteiger charge is 2.39. The van der Waals surface area contributed by atoms with Crippen molar-refractivity contribution in [3.05, 3.63) is 11.6 Å². The van der Waals surface area contributed by atoms with E-state index in [-0.39, 0.29) is 12.0 Å². The molecule has 1 N–H and O–H groups in total. The van der Waals surface area contributed by atoms with Crippen LogP contribution in [0.5, 0.6) is 0 Å². The van der Waals surface area contributed by atoms with Crippen LogP contribution in [0, 0.1) is 11.3 Å². The van der Waals surface area contributed by atoms with Crippen molar-refractivity contribution >= 4 is 0 Å². The maximum absolute atomic E-state index is 13.5. The standard InChI is InChI=1S/C12H19FO/c1-9-4-5-12(8-14)6-10(9)2-3-11(13)7-12/h2,9,11,14H,3-8H2,1H3/t9?,11-,12?/m1/s1. The molecule has 2 heteroatoms. The zero-order valence-corrected chi connectivity index (χ0v) is 8.80. The van der Waals surface area contributed by atoms with Crippen molar-refractivity contribution in [2.24, 2.45) is 11.3 Å². The maximum Gasteiger partial charge on any atom is 0.104 e. The Morgan fingerprint density at radius 2 is 2.43 bits per heavy atom. The van der Waals surface area contributed by atoms with Gasteiger partial charge in [-0.3, -0.25) is 0 Å². The number of alkyl halides is 1. The lowest BCUT2D eigenvalue weighted by atomic mass is 9.68. The molecular weight excluding hydrogens is 179 g/mol. The van der Waals surface area contributed by atoms with Crippen LogP contribution in [-0.2, 0) is 0 Å². The monoisotopic (exact) mass is 198 g/mol. The molecule has 0 aromatic rings. The third-order valence-corrected chi connectivity index (χ3v) is 3.95. The molecule has 0 aromatic carbocycles.